The summed E-state index contributed by atoms with van der Waals surface area (Å²) in [6.45, 7) is 2.27. The van der Waals surface area contributed by atoms with E-state index in [1.54, 1.807) is 22.0 Å². The van der Waals surface area contributed by atoms with Crippen molar-refractivity contribution in [3.63, 3.8) is 0 Å². The molecule has 3 aromatic rings. The first-order valence-corrected chi connectivity index (χ1v) is 14.3. The molecule has 0 radical (unpaired) electrons. The van der Waals surface area contributed by atoms with Gasteiger partial charge in [0.15, 0.2) is 5.15 Å². The summed E-state index contributed by atoms with van der Waals surface area (Å²) in [5.74, 6) is -0.359. The molecule has 0 spiro atoms. The number of aryl methyl sites for hydroxylation is 1. The molecule has 0 bridgehead atoms. The van der Waals surface area contributed by atoms with Crippen molar-refractivity contribution in [1.29, 1.82) is 0 Å². The molecule has 0 aliphatic carbocycles. The first-order chi connectivity index (χ1) is 19.3. The second kappa shape index (κ2) is 12.3. The topological polar surface area (TPSA) is 126 Å². The number of nitrogens with zero attached hydrogens (tertiary/aromatic N) is 5. The van der Waals surface area contributed by atoms with Crippen molar-refractivity contribution in [3.8, 4) is 0 Å². The summed E-state index contributed by atoms with van der Waals surface area (Å²) in [4.78, 5) is 47.0. The van der Waals surface area contributed by atoms with Gasteiger partial charge >= 0.3 is 0 Å². The van der Waals surface area contributed by atoms with E-state index in [1.807, 2.05) is 42.3 Å². The van der Waals surface area contributed by atoms with Gasteiger partial charge in [-0.3, -0.25) is 24.0 Å². The van der Waals surface area contributed by atoms with Gasteiger partial charge < -0.3 is 20.9 Å². The molecule has 4 heterocycles. The standard InChI is InChI=1S/C29H36ClN7O3/c1-35-24-6-4-20(15-22(24)27(30)34-35)17-33-28(39)25-16-21(14-19-8-10-32-11-9-19)18-37(25)29(40)23(31)5-7-26(38)36-12-2-3-13-36/h4,6,8-11,15,21,23,25H,2-3,5,7,12-14,16-18,31H2,1H3,(H,33,39). The zero-order valence-corrected chi connectivity index (χ0v) is 23.5. The first-order valence-electron chi connectivity index (χ1n) is 13.9. The van der Waals surface area contributed by atoms with Crippen molar-refractivity contribution in [1.82, 2.24) is 29.9 Å². The SMILES string of the molecule is Cn1nc(Cl)c2cc(CNC(=O)C3CC(Cc4ccncc4)CN3C(=O)C(N)CCC(=O)N3CCCC3)ccc21. The largest absolute Gasteiger partial charge is 0.350 e. The summed E-state index contributed by atoms with van der Waals surface area (Å²) in [5, 5.41) is 8.48. The first kappa shape index (κ1) is 28.0. The third-order valence-electron chi connectivity index (χ3n) is 8.03. The molecule has 212 valence electrons. The van der Waals surface area contributed by atoms with Crippen molar-refractivity contribution in [2.24, 2.45) is 18.7 Å². The number of nitrogens with one attached hydrogen (secondary N) is 1. The molecular weight excluding hydrogens is 530 g/mol. The van der Waals surface area contributed by atoms with Crippen molar-refractivity contribution in [3.05, 3.63) is 59.0 Å². The number of benzene rings is 1. The lowest BCUT2D eigenvalue weighted by molar-refractivity contribution is -0.140. The van der Waals surface area contributed by atoms with Crippen LogP contribution in [0.1, 0.15) is 43.2 Å². The monoisotopic (exact) mass is 565 g/mol. The molecule has 5 rings (SSSR count). The van der Waals surface area contributed by atoms with Gasteiger partial charge in [-0.1, -0.05) is 17.7 Å². The van der Waals surface area contributed by atoms with E-state index in [2.05, 4.69) is 15.4 Å². The molecule has 2 saturated heterocycles. The lowest BCUT2D eigenvalue weighted by atomic mass is 9.97. The third-order valence-corrected chi connectivity index (χ3v) is 8.31. The highest BCUT2D eigenvalue weighted by molar-refractivity contribution is 6.34. The normalized spacial score (nSPS) is 19.8. The van der Waals surface area contributed by atoms with Crippen LogP contribution in [0.25, 0.3) is 10.9 Å². The minimum Gasteiger partial charge on any atom is -0.350 e. The quantitative estimate of drug-likeness (QED) is 0.410. The predicted octanol–water partition coefficient (Wildman–Crippen LogP) is 2.43. The van der Waals surface area contributed by atoms with Crippen molar-refractivity contribution < 1.29 is 14.4 Å². The predicted molar refractivity (Wildman–Crippen MR) is 152 cm³/mol. The number of carbonyl (C=O) groups is 3. The molecule has 11 heteroatoms. The fourth-order valence-electron chi connectivity index (χ4n) is 5.84. The Hall–Kier alpha value is -3.50. The van der Waals surface area contributed by atoms with E-state index in [4.69, 9.17) is 17.3 Å². The number of fused-ring (bicyclic) bond motifs is 1. The number of halogens is 1. The fraction of sp³-hybridized carbons (Fsp3) is 0.483. The molecule has 3 N–H and O–H groups in total. The average molecular weight is 566 g/mol. The lowest BCUT2D eigenvalue weighted by Gasteiger charge is -2.27. The molecule has 2 aliphatic rings. The number of pyridine rings is 1. The molecular formula is C29H36ClN7O3. The molecule has 2 aromatic heterocycles. The smallest absolute Gasteiger partial charge is 0.243 e. The number of hydrogen-bond donors (Lipinski definition) is 2. The van der Waals surface area contributed by atoms with E-state index in [-0.39, 0.29) is 36.5 Å². The van der Waals surface area contributed by atoms with Gasteiger partial charge in [0.2, 0.25) is 17.7 Å². The minimum atomic E-state index is -0.836. The van der Waals surface area contributed by atoms with Crippen LogP contribution < -0.4 is 11.1 Å². The summed E-state index contributed by atoms with van der Waals surface area (Å²) in [7, 11) is 1.83. The van der Waals surface area contributed by atoms with Crippen LogP contribution >= 0.6 is 11.6 Å². The number of likely N-dealkylation sites (tertiary alicyclic amines) is 2. The molecule has 3 unspecified atom stereocenters. The summed E-state index contributed by atoms with van der Waals surface area (Å²) in [5.41, 5.74) is 9.22. The van der Waals surface area contributed by atoms with Gasteiger partial charge in [-0.05, 0) is 73.4 Å². The highest BCUT2D eigenvalue weighted by atomic mass is 35.5. The number of amides is 3. The lowest BCUT2D eigenvalue weighted by Crippen LogP contribution is -2.51. The van der Waals surface area contributed by atoms with E-state index in [0.29, 0.717) is 24.7 Å². The summed E-state index contributed by atoms with van der Waals surface area (Å²) in [6, 6.07) is 8.21. The molecule has 10 nitrogen and oxygen atoms in total. The van der Waals surface area contributed by atoms with E-state index < -0.39 is 12.1 Å². The van der Waals surface area contributed by atoms with E-state index in [0.717, 1.165) is 54.4 Å². The Bertz CT molecular complexity index is 1370. The Morgan fingerprint density at radius 2 is 1.88 bits per heavy atom. The second-order valence-corrected chi connectivity index (χ2v) is 11.2. The highest BCUT2D eigenvalue weighted by Crippen LogP contribution is 2.28. The molecule has 3 atom stereocenters. The molecule has 2 aliphatic heterocycles. The fourth-order valence-corrected chi connectivity index (χ4v) is 6.11. The van der Waals surface area contributed by atoms with Gasteiger partial charge in [-0.15, -0.1) is 0 Å². The Labute approximate surface area is 238 Å². The zero-order chi connectivity index (χ0) is 28.2. The van der Waals surface area contributed by atoms with Crippen LogP contribution in [0.2, 0.25) is 5.15 Å². The van der Waals surface area contributed by atoms with Crippen molar-refractivity contribution >= 4 is 40.2 Å². The maximum absolute atomic E-state index is 13.5. The van der Waals surface area contributed by atoms with E-state index in [1.165, 1.54) is 0 Å². The van der Waals surface area contributed by atoms with Gasteiger partial charge in [-0.25, -0.2) is 0 Å². The number of carbonyl (C=O) groups excluding carboxylic acids is 3. The number of rotatable bonds is 9. The molecule has 40 heavy (non-hydrogen) atoms. The van der Waals surface area contributed by atoms with Crippen LogP contribution in [0.3, 0.4) is 0 Å². The maximum atomic E-state index is 13.5. The number of aromatic nitrogens is 3. The van der Waals surface area contributed by atoms with Crippen LogP contribution in [-0.2, 0) is 34.4 Å². The minimum absolute atomic E-state index is 0.0396. The number of hydrogen-bond acceptors (Lipinski definition) is 6. The van der Waals surface area contributed by atoms with Crippen LogP contribution in [0, 0.1) is 5.92 Å². The van der Waals surface area contributed by atoms with Crippen LogP contribution in [-0.4, -0.2) is 74.0 Å². The van der Waals surface area contributed by atoms with Gasteiger partial charge in [0.1, 0.15) is 6.04 Å². The van der Waals surface area contributed by atoms with Crippen LogP contribution in [0.5, 0.6) is 0 Å². The number of nitrogens with two attached hydrogens (primary N) is 1. The molecule has 2 fully saturated rings. The molecule has 1 aromatic carbocycles. The third kappa shape index (κ3) is 6.28. The van der Waals surface area contributed by atoms with Gasteiger partial charge in [0.25, 0.3) is 0 Å². The summed E-state index contributed by atoms with van der Waals surface area (Å²) in [6.07, 6.45) is 7.29. The maximum Gasteiger partial charge on any atom is 0.243 e. The Kier molecular flexibility index (Phi) is 8.66. The van der Waals surface area contributed by atoms with Crippen molar-refractivity contribution in [2.75, 3.05) is 19.6 Å². The van der Waals surface area contributed by atoms with Crippen LogP contribution in [0.4, 0.5) is 0 Å². The highest BCUT2D eigenvalue weighted by Gasteiger charge is 2.41. The van der Waals surface area contributed by atoms with Crippen LogP contribution in [0.15, 0.2) is 42.7 Å². The van der Waals surface area contributed by atoms with Crippen molar-refractivity contribution in [2.45, 2.75) is 57.2 Å². The van der Waals surface area contributed by atoms with Gasteiger partial charge in [0.05, 0.1) is 11.6 Å². The van der Waals surface area contributed by atoms with Gasteiger partial charge in [-0.2, -0.15) is 5.10 Å². The van der Waals surface area contributed by atoms with E-state index in [9.17, 15) is 14.4 Å². The van der Waals surface area contributed by atoms with Gasteiger partial charge in [0, 0.05) is 57.4 Å². The Morgan fingerprint density at radius 1 is 1.12 bits per heavy atom. The summed E-state index contributed by atoms with van der Waals surface area (Å²) < 4.78 is 1.72. The average Bonchev–Trinajstić information content (AvgIpc) is 3.70. The zero-order valence-electron chi connectivity index (χ0n) is 22.8. The molecule has 0 saturated carbocycles. The Balaban J connectivity index is 1.25. The van der Waals surface area contributed by atoms with E-state index >= 15 is 0 Å². The second-order valence-electron chi connectivity index (χ2n) is 10.9. The molecule has 3 amide bonds. The summed E-state index contributed by atoms with van der Waals surface area (Å²) >= 11 is 6.26. The Morgan fingerprint density at radius 3 is 2.62 bits per heavy atom.